The number of benzene rings is 2. The number of anilines is 1. The van der Waals surface area contributed by atoms with Crippen LogP contribution in [0.15, 0.2) is 60.8 Å². The summed E-state index contributed by atoms with van der Waals surface area (Å²) >= 11 is 0. The molecule has 2 heterocycles. The number of hydrogen-bond donors (Lipinski definition) is 1. The van der Waals surface area contributed by atoms with E-state index in [0.717, 1.165) is 46.4 Å². The van der Waals surface area contributed by atoms with Crippen molar-refractivity contribution < 1.29 is 0 Å². The molecule has 0 unspecified atom stereocenters. The third kappa shape index (κ3) is 3.21. The van der Waals surface area contributed by atoms with Gasteiger partial charge in [0.1, 0.15) is 5.82 Å². The first-order valence-electron chi connectivity index (χ1n) is 9.40. The quantitative estimate of drug-likeness (QED) is 0.567. The molecule has 5 heteroatoms. The van der Waals surface area contributed by atoms with Crippen LogP contribution in [0.5, 0.6) is 0 Å². The minimum atomic E-state index is 0.650. The molecule has 0 bridgehead atoms. The number of aromatic nitrogens is 3. The fraction of sp³-hybridized carbons (Fsp3) is 0.174. The summed E-state index contributed by atoms with van der Waals surface area (Å²) in [6.45, 7) is 2.14. The molecule has 0 fully saturated rings. The Labute approximate surface area is 164 Å². The van der Waals surface area contributed by atoms with Gasteiger partial charge in [-0.15, -0.1) is 0 Å². The second kappa shape index (κ2) is 7.53. The Morgan fingerprint density at radius 1 is 1.07 bits per heavy atom. The second-order valence-corrected chi connectivity index (χ2v) is 6.80. The Morgan fingerprint density at radius 3 is 2.61 bits per heavy atom. The monoisotopic (exact) mass is 367 g/mol. The third-order valence-electron chi connectivity index (χ3n) is 4.94. The zero-order chi connectivity index (χ0) is 19.5. The van der Waals surface area contributed by atoms with E-state index in [4.69, 9.17) is 10.7 Å². The van der Waals surface area contributed by atoms with E-state index in [9.17, 15) is 5.26 Å². The van der Waals surface area contributed by atoms with Gasteiger partial charge in [0.05, 0.1) is 23.5 Å². The number of nitrogen functional groups attached to an aromatic ring is 1. The first-order chi connectivity index (χ1) is 13.7. The van der Waals surface area contributed by atoms with E-state index in [0.29, 0.717) is 17.8 Å². The standard InChI is InChI=1S/C23H21N5/c1-2-5-21-20(23(25)28-22(27-21)12-13-26-28)14-16-8-10-17(11-9-16)19-7-4-3-6-18(19)15-24/h3-4,6-13H,2,5,14,25H2,1H3. The van der Waals surface area contributed by atoms with Crippen molar-refractivity contribution in [1.82, 2.24) is 14.6 Å². The first-order valence-corrected chi connectivity index (χ1v) is 9.40. The van der Waals surface area contributed by atoms with Crippen molar-refractivity contribution in [2.45, 2.75) is 26.2 Å². The summed E-state index contributed by atoms with van der Waals surface area (Å²) in [5.41, 5.74) is 13.1. The molecular weight excluding hydrogens is 346 g/mol. The number of nitrogens with two attached hydrogens (primary N) is 1. The van der Waals surface area contributed by atoms with Gasteiger partial charge in [0, 0.05) is 18.1 Å². The van der Waals surface area contributed by atoms with Crippen LogP contribution in [0.1, 0.15) is 35.7 Å². The van der Waals surface area contributed by atoms with Crippen LogP contribution in [0.3, 0.4) is 0 Å². The Morgan fingerprint density at radius 2 is 1.86 bits per heavy atom. The molecule has 0 aliphatic carbocycles. The number of rotatable bonds is 5. The summed E-state index contributed by atoms with van der Waals surface area (Å²) in [6, 6.07) is 20.1. The predicted octanol–water partition coefficient (Wildman–Crippen LogP) is 4.39. The molecule has 5 nitrogen and oxygen atoms in total. The fourth-order valence-corrected chi connectivity index (χ4v) is 3.52. The minimum Gasteiger partial charge on any atom is -0.383 e. The molecule has 4 rings (SSSR count). The highest BCUT2D eigenvalue weighted by Crippen LogP contribution is 2.26. The molecule has 0 radical (unpaired) electrons. The van der Waals surface area contributed by atoms with E-state index in [1.165, 1.54) is 0 Å². The van der Waals surface area contributed by atoms with Gasteiger partial charge in [-0.3, -0.25) is 0 Å². The Kier molecular flexibility index (Phi) is 4.77. The lowest BCUT2D eigenvalue weighted by Gasteiger charge is -2.13. The molecule has 2 N–H and O–H groups in total. The van der Waals surface area contributed by atoms with Crippen LogP contribution in [-0.4, -0.2) is 14.6 Å². The summed E-state index contributed by atoms with van der Waals surface area (Å²) < 4.78 is 1.70. The van der Waals surface area contributed by atoms with Gasteiger partial charge in [0.15, 0.2) is 5.65 Å². The molecule has 0 amide bonds. The summed E-state index contributed by atoms with van der Waals surface area (Å²) in [5, 5.41) is 13.6. The highest BCUT2D eigenvalue weighted by atomic mass is 15.3. The zero-order valence-corrected chi connectivity index (χ0v) is 15.8. The van der Waals surface area contributed by atoms with E-state index in [1.807, 2.05) is 30.3 Å². The number of nitriles is 1. The lowest BCUT2D eigenvalue weighted by atomic mass is 9.96. The molecule has 2 aromatic heterocycles. The number of aryl methyl sites for hydroxylation is 1. The van der Waals surface area contributed by atoms with Crippen LogP contribution in [0.4, 0.5) is 5.82 Å². The molecule has 4 aromatic rings. The maximum atomic E-state index is 9.33. The van der Waals surface area contributed by atoms with Crippen LogP contribution in [0.2, 0.25) is 0 Å². The van der Waals surface area contributed by atoms with E-state index >= 15 is 0 Å². The van der Waals surface area contributed by atoms with Crippen LogP contribution in [0, 0.1) is 11.3 Å². The highest BCUT2D eigenvalue weighted by molar-refractivity contribution is 5.70. The Balaban J connectivity index is 1.69. The van der Waals surface area contributed by atoms with Crippen molar-refractivity contribution >= 4 is 11.5 Å². The topological polar surface area (TPSA) is 80.0 Å². The molecule has 0 saturated carbocycles. The van der Waals surface area contributed by atoms with Crippen molar-refractivity contribution in [3.8, 4) is 17.2 Å². The van der Waals surface area contributed by atoms with Gasteiger partial charge < -0.3 is 5.73 Å². The van der Waals surface area contributed by atoms with Gasteiger partial charge in [0.2, 0.25) is 0 Å². The largest absolute Gasteiger partial charge is 0.383 e. The molecule has 0 saturated heterocycles. The van der Waals surface area contributed by atoms with Crippen LogP contribution >= 0.6 is 0 Å². The average molecular weight is 367 g/mol. The van der Waals surface area contributed by atoms with Gasteiger partial charge >= 0.3 is 0 Å². The highest BCUT2D eigenvalue weighted by Gasteiger charge is 2.14. The molecule has 0 atom stereocenters. The van der Waals surface area contributed by atoms with Crippen LogP contribution in [-0.2, 0) is 12.8 Å². The molecule has 28 heavy (non-hydrogen) atoms. The third-order valence-corrected chi connectivity index (χ3v) is 4.94. The first kappa shape index (κ1) is 17.7. The van der Waals surface area contributed by atoms with E-state index in [-0.39, 0.29) is 0 Å². The van der Waals surface area contributed by atoms with E-state index < -0.39 is 0 Å². The lowest BCUT2D eigenvalue weighted by molar-refractivity contribution is 0.838. The minimum absolute atomic E-state index is 0.650. The van der Waals surface area contributed by atoms with Gasteiger partial charge in [-0.05, 0) is 29.2 Å². The van der Waals surface area contributed by atoms with Gasteiger partial charge in [-0.2, -0.15) is 14.9 Å². The zero-order valence-electron chi connectivity index (χ0n) is 15.8. The van der Waals surface area contributed by atoms with Crippen LogP contribution in [0.25, 0.3) is 16.8 Å². The smallest absolute Gasteiger partial charge is 0.157 e. The fourth-order valence-electron chi connectivity index (χ4n) is 3.52. The summed E-state index contributed by atoms with van der Waals surface area (Å²) in [6.07, 6.45) is 4.31. The van der Waals surface area contributed by atoms with Crippen molar-refractivity contribution in [3.05, 3.63) is 83.2 Å². The molecule has 0 aliphatic rings. The molecule has 138 valence electrons. The normalized spacial score (nSPS) is 10.9. The SMILES string of the molecule is CCCc1nc2ccnn2c(N)c1Cc1ccc(-c2ccccc2C#N)cc1. The van der Waals surface area contributed by atoms with Crippen molar-refractivity contribution in [3.63, 3.8) is 0 Å². The average Bonchev–Trinajstić information content (AvgIpc) is 3.20. The van der Waals surface area contributed by atoms with Crippen molar-refractivity contribution in [2.75, 3.05) is 5.73 Å². The molecule has 0 spiro atoms. The number of hydrogen-bond acceptors (Lipinski definition) is 4. The second-order valence-electron chi connectivity index (χ2n) is 6.80. The maximum Gasteiger partial charge on any atom is 0.157 e. The maximum absolute atomic E-state index is 9.33. The predicted molar refractivity (Wildman–Crippen MR) is 111 cm³/mol. The molecule has 0 aliphatic heterocycles. The summed E-state index contributed by atoms with van der Waals surface area (Å²) in [4.78, 5) is 4.75. The van der Waals surface area contributed by atoms with Crippen LogP contribution < -0.4 is 5.73 Å². The number of nitrogens with zero attached hydrogens (tertiary/aromatic N) is 4. The number of fused-ring (bicyclic) bond motifs is 1. The van der Waals surface area contributed by atoms with Crippen molar-refractivity contribution in [1.29, 1.82) is 5.26 Å². The molecule has 2 aromatic carbocycles. The van der Waals surface area contributed by atoms with E-state index in [2.05, 4.69) is 42.4 Å². The van der Waals surface area contributed by atoms with Gasteiger partial charge in [0.25, 0.3) is 0 Å². The van der Waals surface area contributed by atoms with Crippen molar-refractivity contribution in [2.24, 2.45) is 0 Å². The van der Waals surface area contributed by atoms with Gasteiger partial charge in [-0.1, -0.05) is 55.8 Å². The van der Waals surface area contributed by atoms with Gasteiger partial charge in [-0.25, -0.2) is 4.98 Å². The molecular formula is C23H21N5. The summed E-state index contributed by atoms with van der Waals surface area (Å²) in [7, 11) is 0. The lowest BCUT2D eigenvalue weighted by Crippen LogP contribution is -2.10. The van der Waals surface area contributed by atoms with E-state index in [1.54, 1.807) is 10.7 Å². The Bertz CT molecular complexity index is 1170. The Hall–Kier alpha value is -3.65. The summed E-state index contributed by atoms with van der Waals surface area (Å²) in [5.74, 6) is 0.650.